The van der Waals surface area contributed by atoms with Gasteiger partial charge in [0, 0.05) is 24.9 Å². The zero-order valence-corrected chi connectivity index (χ0v) is 17.1. The number of carbonyl (C=O) groups is 2. The summed E-state index contributed by atoms with van der Waals surface area (Å²) in [5, 5.41) is 5.03. The van der Waals surface area contributed by atoms with Crippen LogP contribution in [0.2, 0.25) is 0 Å². The smallest absolute Gasteiger partial charge is 0.227 e. The molecule has 6 nitrogen and oxygen atoms in total. The van der Waals surface area contributed by atoms with Crippen molar-refractivity contribution in [2.45, 2.75) is 13.0 Å². The molecule has 1 aliphatic heterocycles. The summed E-state index contributed by atoms with van der Waals surface area (Å²) in [6.45, 7) is 0.739. The highest BCUT2D eigenvalue weighted by molar-refractivity contribution is 6.06. The third-order valence-electron chi connectivity index (χ3n) is 5.47. The van der Waals surface area contributed by atoms with Gasteiger partial charge < -0.3 is 19.7 Å². The molecule has 3 aromatic rings. The average Bonchev–Trinajstić information content (AvgIpc) is 3.18. The van der Waals surface area contributed by atoms with Gasteiger partial charge in [0.15, 0.2) is 11.5 Å². The Morgan fingerprint density at radius 1 is 1.03 bits per heavy atom. The predicted molar refractivity (Wildman–Crippen MR) is 116 cm³/mol. The van der Waals surface area contributed by atoms with Crippen molar-refractivity contribution in [3.8, 4) is 11.5 Å². The maximum absolute atomic E-state index is 12.7. The summed E-state index contributed by atoms with van der Waals surface area (Å²) in [5.41, 5.74) is 1.75. The van der Waals surface area contributed by atoms with Crippen LogP contribution in [0.15, 0.2) is 60.7 Å². The van der Waals surface area contributed by atoms with Crippen LogP contribution in [0.4, 0.5) is 5.69 Å². The van der Waals surface area contributed by atoms with Crippen LogP contribution in [0.3, 0.4) is 0 Å². The lowest BCUT2D eigenvalue weighted by Crippen LogP contribution is -2.32. The Balaban J connectivity index is 1.44. The van der Waals surface area contributed by atoms with Crippen LogP contribution in [0, 0.1) is 5.92 Å². The lowest BCUT2D eigenvalue weighted by molar-refractivity contribution is -0.126. The van der Waals surface area contributed by atoms with Gasteiger partial charge in [-0.05, 0) is 29.1 Å². The van der Waals surface area contributed by atoms with E-state index in [4.69, 9.17) is 9.47 Å². The van der Waals surface area contributed by atoms with E-state index in [9.17, 15) is 9.59 Å². The Labute approximate surface area is 175 Å². The van der Waals surface area contributed by atoms with E-state index in [2.05, 4.69) is 5.32 Å². The second kappa shape index (κ2) is 8.45. The molecule has 6 heteroatoms. The number of nitrogens with one attached hydrogen (secondary N) is 1. The first kappa shape index (κ1) is 19.8. The maximum Gasteiger partial charge on any atom is 0.227 e. The minimum absolute atomic E-state index is 0.0300. The minimum Gasteiger partial charge on any atom is -0.493 e. The number of ether oxygens (including phenoxy) is 2. The van der Waals surface area contributed by atoms with Crippen molar-refractivity contribution in [2.24, 2.45) is 5.92 Å². The molecule has 0 aliphatic carbocycles. The number of methoxy groups -OCH3 is 2. The Hall–Kier alpha value is -3.54. The Bertz CT molecular complexity index is 1090. The number of rotatable bonds is 6. The molecule has 0 spiro atoms. The second-order valence-corrected chi connectivity index (χ2v) is 7.31. The first-order chi connectivity index (χ1) is 14.6. The van der Waals surface area contributed by atoms with Gasteiger partial charge in [0.2, 0.25) is 11.8 Å². The molecular weight excluding hydrogens is 380 g/mol. The Morgan fingerprint density at radius 2 is 1.80 bits per heavy atom. The van der Waals surface area contributed by atoms with Crippen molar-refractivity contribution in [3.63, 3.8) is 0 Å². The summed E-state index contributed by atoms with van der Waals surface area (Å²) >= 11 is 0. The third-order valence-corrected chi connectivity index (χ3v) is 5.47. The van der Waals surface area contributed by atoms with E-state index < -0.39 is 0 Å². The van der Waals surface area contributed by atoms with Crippen LogP contribution < -0.4 is 19.7 Å². The number of hydrogen-bond acceptors (Lipinski definition) is 4. The number of amides is 2. The molecule has 1 aliphatic rings. The lowest BCUT2D eigenvalue weighted by atomic mass is 10.1. The van der Waals surface area contributed by atoms with Crippen molar-refractivity contribution in [1.82, 2.24) is 5.32 Å². The molecule has 30 heavy (non-hydrogen) atoms. The van der Waals surface area contributed by atoms with Crippen LogP contribution in [-0.4, -0.2) is 32.6 Å². The van der Waals surface area contributed by atoms with Gasteiger partial charge in [-0.25, -0.2) is 0 Å². The number of benzene rings is 3. The molecule has 1 N–H and O–H groups in total. The molecule has 0 radical (unpaired) electrons. The number of hydrogen-bond donors (Lipinski definition) is 1. The molecule has 154 valence electrons. The number of fused-ring (bicyclic) bond motifs is 1. The molecule has 1 saturated heterocycles. The van der Waals surface area contributed by atoms with Crippen molar-refractivity contribution in [1.29, 1.82) is 0 Å². The topological polar surface area (TPSA) is 67.9 Å². The van der Waals surface area contributed by atoms with Crippen molar-refractivity contribution < 1.29 is 19.1 Å². The first-order valence-corrected chi connectivity index (χ1v) is 9.87. The molecule has 3 aromatic carbocycles. The molecule has 4 rings (SSSR count). The highest BCUT2D eigenvalue weighted by atomic mass is 16.5. The summed E-state index contributed by atoms with van der Waals surface area (Å²) in [4.78, 5) is 27.1. The SMILES string of the molecule is COc1ccc(CNC(=O)[C@@H]2CC(=O)N(c3cccc4ccccc34)C2)cc1OC. The van der Waals surface area contributed by atoms with Gasteiger partial charge in [-0.2, -0.15) is 0 Å². The molecule has 0 aromatic heterocycles. The predicted octanol–water partition coefficient (Wildman–Crippen LogP) is 3.53. The van der Waals surface area contributed by atoms with Gasteiger partial charge in [-0.15, -0.1) is 0 Å². The van der Waals surface area contributed by atoms with Gasteiger partial charge in [0.1, 0.15) is 0 Å². The van der Waals surface area contributed by atoms with Crippen LogP contribution in [0.5, 0.6) is 11.5 Å². The molecule has 1 fully saturated rings. The monoisotopic (exact) mass is 404 g/mol. The van der Waals surface area contributed by atoms with Crippen molar-refractivity contribution in [2.75, 3.05) is 25.7 Å². The van der Waals surface area contributed by atoms with Crippen LogP contribution >= 0.6 is 0 Å². The van der Waals surface area contributed by atoms with Crippen LogP contribution in [0.1, 0.15) is 12.0 Å². The molecule has 1 heterocycles. The molecule has 0 bridgehead atoms. The zero-order chi connectivity index (χ0) is 21.1. The number of anilines is 1. The van der Waals surface area contributed by atoms with E-state index in [1.54, 1.807) is 19.1 Å². The summed E-state index contributed by atoms with van der Waals surface area (Å²) in [6, 6.07) is 19.4. The van der Waals surface area contributed by atoms with Gasteiger partial charge in [0.25, 0.3) is 0 Å². The molecule has 2 amide bonds. The minimum atomic E-state index is -0.378. The second-order valence-electron chi connectivity index (χ2n) is 7.31. The zero-order valence-electron chi connectivity index (χ0n) is 17.1. The standard InChI is InChI=1S/C24H24N2O4/c1-29-21-11-10-16(12-22(21)30-2)14-25-24(28)18-13-23(27)26(15-18)20-9-5-7-17-6-3-4-8-19(17)20/h3-12,18H,13-15H2,1-2H3,(H,25,28)/t18-/m1/s1. The molecule has 1 atom stereocenters. The van der Waals surface area contributed by atoms with Crippen LogP contribution in [0.25, 0.3) is 10.8 Å². The highest BCUT2D eigenvalue weighted by Crippen LogP contribution is 2.32. The fraction of sp³-hybridized carbons (Fsp3) is 0.250. The van der Waals surface area contributed by atoms with E-state index in [1.165, 1.54) is 0 Å². The quantitative estimate of drug-likeness (QED) is 0.683. The molecule has 0 unspecified atom stereocenters. The van der Waals surface area contributed by atoms with Crippen molar-refractivity contribution >= 4 is 28.3 Å². The van der Waals surface area contributed by atoms with Crippen LogP contribution in [-0.2, 0) is 16.1 Å². The van der Waals surface area contributed by atoms with E-state index in [-0.39, 0.29) is 24.2 Å². The number of nitrogens with zero attached hydrogens (tertiary/aromatic N) is 1. The molecular formula is C24H24N2O4. The normalized spacial score (nSPS) is 16.0. The van der Waals surface area contributed by atoms with Gasteiger partial charge in [-0.3, -0.25) is 9.59 Å². The Morgan fingerprint density at radius 3 is 2.60 bits per heavy atom. The van der Waals surface area contributed by atoms with E-state index >= 15 is 0 Å². The summed E-state index contributed by atoms with van der Waals surface area (Å²) in [6.07, 6.45) is 0.209. The first-order valence-electron chi connectivity index (χ1n) is 9.87. The number of carbonyl (C=O) groups excluding carboxylic acids is 2. The lowest BCUT2D eigenvalue weighted by Gasteiger charge is -2.19. The van der Waals surface area contributed by atoms with Gasteiger partial charge in [0.05, 0.1) is 25.8 Å². The van der Waals surface area contributed by atoms with Gasteiger partial charge >= 0.3 is 0 Å². The third kappa shape index (κ3) is 3.81. The van der Waals surface area contributed by atoms with Gasteiger partial charge in [-0.1, -0.05) is 42.5 Å². The fourth-order valence-corrected chi connectivity index (χ4v) is 3.88. The van der Waals surface area contributed by atoms with E-state index in [1.807, 2.05) is 60.7 Å². The molecule has 0 saturated carbocycles. The summed E-state index contributed by atoms with van der Waals surface area (Å²) in [7, 11) is 3.16. The average molecular weight is 404 g/mol. The van der Waals surface area contributed by atoms with Crippen molar-refractivity contribution in [3.05, 3.63) is 66.2 Å². The van der Waals surface area contributed by atoms with E-state index in [0.29, 0.717) is 24.6 Å². The summed E-state index contributed by atoms with van der Waals surface area (Å²) < 4.78 is 10.5. The largest absolute Gasteiger partial charge is 0.493 e. The maximum atomic E-state index is 12.7. The fourth-order valence-electron chi connectivity index (χ4n) is 3.88. The highest BCUT2D eigenvalue weighted by Gasteiger charge is 2.35. The summed E-state index contributed by atoms with van der Waals surface area (Å²) in [5.74, 6) is 0.720. The Kier molecular flexibility index (Phi) is 5.57. The van der Waals surface area contributed by atoms with E-state index in [0.717, 1.165) is 22.0 Å².